The molecule has 9 heteroatoms. The largest absolute Gasteiger partial charge is 0.490 e. The lowest BCUT2D eigenvalue weighted by Crippen LogP contribution is -2.42. The van der Waals surface area contributed by atoms with E-state index in [4.69, 9.17) is 4.74 Å². The van der Waals surface area contributed by atoms with Crippen LogP contribution in [0.3, 0.4) is 0 Å². The highest BCUT2D eigenvalue weighted by Crippen LogP contribution is 2.44. The summed E-state index contributed by atoms with van der Waals surface area (Å²) in [6.07, 6.45) is -2.14. The molecule has 2 aliphatic heterocycles. The van der Waals surface area contributed by atoms with Gasteiger partial charge in [-0.05, 0) is 17.7 Å². The second-order valence-corrected chi connectivity index (χ2v) is 8.67. The molecule has 0 spiro atoms. The van der Waals surface area contributed by atoms with E-state index in [1.165, 1.54) is 6.20 Å². The van der Waals surface area contributed by atoms with Crippen molar-refractivity contribution >= 4 is 11.7 Å². The van der Waals surface area contributed by atoms with Crippen LogP contribution < -0.4 is 10.1 Å². The molecule has 2 aromatic carbocycles. The van der Waals surface area contributed by atoms with Crippen LogP contribution in [0.1, 0.15) is 47.3 Å². The van der Waals surface area contributed by atoms with Gasteiger partial charge in [0, 0.05) is 32.4 Å². The minimum Gasteiger partial charge on any atom is -0.490 e. The molecule has 0 radical (unpaired) electrons. The van der Waals surface area contributed by atoms with E-state index in [0.717, 1.165) is 16.0 Å². The average molecular weight is 470 g/mol. The third kappa shape index (κ3) is 4.47. The van der Waals surface area contributed by atoms with Crippen molar-refractivity contribution in [3.05, 3.63) is 78.0 Å². The average Bonchev–Trinajstić information content (AvgIpc) is 3.28. The van der Waals surface area contributed by atoms with Crippen LogP contribution in [-0.2, 0) is 0 Å². The van der Waals surface area contributed by atoms with Crippen LogP contribution in [0.25, 0.3) is 0 Å². The lowest BCUT2D eigenvalue weighted by Gasteiger charge is -2.35. The molecule has 6 nitrogen and oxygen atoms in total. The molecule has 0 bridgehead atoms. The predicted molar refractivity (Wildman–Crippen MR) is 121 cm³/mol. The molecule has 34 heavy (non-hydrogen) atoms. The van der Waals surface area contributed by atoms with Crippen molar-refractivity contribution in [2.45, 2.75) is 43.6 Å². The number of hydrogen-bond acceptors (Lipinski definition) is 4. The molecule has 3 aromatic rings. The highest BCUT2D eigenvalue weighted by Gasteiger charge is 2.47. The number of likely N-dealkylation sites (tertiary alicyclic amines) is 1. The van der Waals surface area contributed by atoms with Gasteiger partial charge in [-0.3, -0.25) is 4.79 Å². The Bertz CT molecular complexity index is 1130. The first-order valence-electron chi connectivity index (χ1n) is 11.4. The number of nitrogens with one attached hydrogen (secondary N) is 1. The zero-order chi connectivity index (χ0) is 23.7. The highest BCUT2D eigenvalue weighted by atomic mass is 19.4. The van der Waals surface area contributed by atoms with Gasteiger partial charge in [0.1, 0.15) is 23.2 Å². The number of para-hydroxylation sites is 1. The van der Waals surface area contributed by atoms with Gasteiger partial charge in [0.05, 0.1) is 12.2 Å². The molecular formula is C25H25F3N4O2. The fraction of sp³-hybridized carbons (Fsp3) is 0.360. The SMILES string of the molecule is O=C(c1cnn2c1NC(c1ccccc1)CC2C(F)(F)F)N1CCC(Oc2ccccc2)CC1. The normalized spacial score (nSPS) is 21.0. The molecule has 1 fully saturated rings. The summed E-state index contributed by atoms with van der Waals surface area (Å²) in [5.74, 6) is 0.587. The van der Waals surface area contributed by atoms with Gasteiger partial charge in [0.25, 0.3) is 5.91 Å². The summed E-state index contributed by atoms with van der Waals surface area (Å²) in [5.41, 5.74) is 0.902. The van der Waals surface area contributed by atoms with E-state index in [1.807, 2.05) is 36.4 Å². The fourth-order valence-electron chi connectivity index (χ4n) is 4.66. The van der Waals surface area contributed by atoms with E-state index in [1.54, 1.807) is 29.2 Å². The third-order valence-corrected chi connectivity index (χ3v) is 6.45. The van der Waals surface area contributed by atoms with Crippen LogP contribution in [-0.4, -0.2) is 46.0 Å². The molecule has 5 rings (SSSR count). The summed E-state index contributed by atoms with van der Waals surface area (Å²) in [6, 6.07) is 16.1. The Balaban J connectivity index is 1.33. The number of hydrogen-bond donors (Lipinski definition) is 1. The van der Waals surface area contributed by atoms with Crippen LogP contribution in [0.4, 0.5) is 19.0 Å². The standard InChI is InChI=1S/C25H25F3N4O2/c26-25(27,28)22-15-21(17-7-3-1-4-8-17)30-23-20(16-29-32(22)23)24(33)31-13-11-19(12-14-31)34-18-9-5-2-6-10-18/h1-10,16,19,21-22,30H,11-15H2. The first kappa shape index (κ1) is 22.3. The van der Waals surface area contributed by atoms with E-state index >= 15 is 0 Å². The van der Waals surface area contributed by atoms with Crippen molar-refractivity contribution in [3.63, 3.8) is 0 Å². The summed E-state index contributed by atoms with van der Waals surface area (Å²) in [6.45, 7) is 0.928. The second-order valence-electron chi connectivity index (χ2n) is 8.67. The number of anilines is 1. The summed E-state index contributed by atoms with van der Waals surface area (Å²) in [5, 5.41) is 7.14. The third-order valence-electron chi connectivity index (χ3n) is 6.45. The quantitative estimate of drug-likeness (QED) is 0.568. The number of halogens is 3. The summed E-state index contributed by atoms with van der Waals surface area (Å²) >= 11 is 0. The molecule has 1 N–H and O–H groups in total. The van der Waals surface area contributed by atoms with Crippen molar-refractivity contribution < 1.29 is 22.7 Å². The molecule has 2 atom stereocenters. The van der Waals surface area contributed by atoms with E-state index in [0.29, 0.717) is 25.9 Å². The number of amides is 1. The van der Waals surface area contributed by atoms with Crippen molar-refractivity contribution in [1.29, 1.82) is 0 Å². The van der Waals surface area contributed by atoms with Crippen LogP contribution in [0.5, 0.6) is 5.75 Å². The maximum atomic E-state index is 13.9. The van der Waals surface area contributed by atoms with Gasteiger partial charge in [-0.15, -0.1) is 0 Å². The fourth-order valence-corrected chi connectivity index (χ4v) is 4.66. The smallest absolute Gasteiger partial charge is 0.410 e. The van der Waals surface area contributed by atoms with Crippen LogP contribution in [0.15, 0.2) is 66.9 Å². The Labute approximate surface area is 195 Å². The number of carbonyl (C=O) groups is 1. The zero-order valence-corrected chi connectivity index (χ0v) is 18.4. The Hall–Kier alpha value is -3.49. The minimum atomic E-state index is -4.48. The van der Waals surface area contributed by atoms with Crippen molar-refractivity contribution in [2.75, 3.05) is 18.4 Å². The lowest BCUT2D eigenvalue weighted by atomic mass is 9.96. The van der Waals surface area contributed by atoms with Gasteiger partial charge in [-0.2, -0.15) is 18.3 Å². The van der Waals surface area contributed by atoms with E-state index in [-0.39, 0.29) is 29.8 Å². The molecule has 1 amide bonds. The van der Waals surface area contributed by atoms with Crippen LogP contribution in [0.2, 0.25) is 0 Å². The van der Waals surface area contributed by atoms with Gasteiger partial charge in [0.15, 0.2) is 6.04 Å². The Morgan fingerprint density at radius 3 is 2.29 bits per heavy atom. The molecule has 1 saturated heterocycles. The zero-order valence-electron chi connectivity index (χ0n) is 18.4. The molecule has 2 unspecified atom stereocenters. The second kappa shape index (κ2) is 9.04. The van der Waals surface area contributed by atoms with Crippen molar-refractivity contribution in [3.8, 4) is 5.75 Å². The van der Waals surface area contributed by atoms with Gasteiger partial charge >= 0.3 is 6.18 Å². The predicted octanol–water partition coefficient (Wildman–Crippen LogP) is 5.23. The Morgan fingerprint density at radius 1 is 1.00 bits per heavy atom. The van der Waals surface area contributed by atoms with Gasteiger partial charge < -0.3 is 15.0 Å². The molecule has 178 valence electrons. The van der Waals surface area contributed by atoms with Gasteiger partial charge in [-0.25, -0.2) is 4.68 Å². The molecule has 0 aliphatic carbocycles. The molecule has 2 aliphatic rings. The number of ether oxygens (including phenoxy) is 1. The first-order chi connectivity index (χ1) is 16.4. The summed E-state index contributed by atoms with van der Waals surface area (Å²) < 4.78 is 48.6. The maximum absolute atomic E-state index is 13.9. The first-order valence-corrected chi connectivity index (χ1v) is 11.4. The lowest BCUT2D eigenvalue weighted by molar-refractivity contribution is -0.173. The number of nitrogens with zero attached hydrogens (tertiary/aromatic N) is 3. The van der Waals surface area contributed by atoms with Gasteiger partial charge in [-0.1, -0.05) is 48.5 Å². The molecule has 0 saturated carbocycles. The number of rotatable bonds is 4. The van der Waals surface area contributed by atoms with E-state index < -0.39 is 18.3 Å². The van der Waals surface area contributed by atoms with Gasteiger partial charge in [0.2, 0.25) is 0 Å². The van der Waals surface area contributed by atoms with Crippen LogP contribution in [0, 0.1) is 0 Å². The number of carbonyl (C=O) groups excluding carboxylic acids is 1. The van der Waals surface area contributed by atoms with Crippen molar-refractivity contribution in [1.82, 2.24) is 14.7 Å². The Kier molecular flexibility index (Phi) is 5.93. The number of aromatic nitrogens is 2. The van der Waals surface area contributed by atoms with Crippen molar-refractivity contribution in [2.24, 2.45) is 0 Å². The Morgan fingerprint density at radius 2 is 1.65 bits per heavy atom. The van der Waals surface area contributed by atoms with E-state index in [9.17, 15) is 18.0 Å². The maximum Gasteiger partial charge on any atom is 0.410 e. The summed E-state index contributed by atoms with van der Waals surface area (Å²) in [4.78, 5) is 15.0. The number of piperidine rings is 1. The summed E-state index contributed by atoms with van der Waals surface area (Å²) in [7, 11) is 0. The number of fused-ring (bicyclic) bond motifs is 1. The monoisotopic (exact) mass is 470 g/mol. The number of alkyl halides is 3. The highest BCUT2D eigenvalue weighted by molar-refractivity contribution is 5.99. The molecule has 1 aromatic heterocycles. The van der Waals surface area contributed by atoms with Crippen LogP contribution >= 0.6 is 0 Å². The number of benzene rings is 2. The molecule has 3 heterocycles. The van der Waals surface area contributed by atoms with E-state index in [2.05, 4.69) is 10.4 Å². The minimum absolute atomic E-state index is 0.0114. The molecular weight excluding hydrogens is 445 g/mol. The topological polar surface area (TPSA) is 59.4 Å².